The molecule has 2 unspecified atom stereocenters. The van der Waals surface area contributed by atoms with Crippen LogP contribution in [0.15, 0.2) is 24.3 Å². The number of carboxylic acid groups (broad SMARTS) is 1. The van der Waals surface area contributed by atoms with E-state index >= 15 is 0 Å². The largest absolute Gasteiger partial charge is 0.497 e. The summed E-state index contributed by atoms with van der Waals surface area (Å²) < 4.78 is 30.0. The number of hydrogen-bond acceptors (Lipinski definition) is 6. The van der Waals surface area contributed by atoms with Crippen molar-refractivity contribution in [3.05, 3.63) is 29.8 Å². The van der Waals surface area contributed by atoms with Crippen LogP contribution in [-0.2, 0) is 4.79 Å². The van der Waals surface area contributed by atoms with Crippen LogP contribution >= 0.6 is 0 Å². The predicted molar refractivity (Wildman–Crippen MR) is 110 cm³/mol. The van der Waals surface area contributed by atoms with Crippen molar-refractivity contribution < 1.29 is 28.5 Å². The molecule has 9 heteroatoms. The highest BCUT2D eigenvalue weighted by Crippen LogP contribution is 2.26. The molecule has 0 bridgehead atoms. The van der Waals surface area contributed by atoms with Gasteiger partial charge in [0, 0.05) is 19.0 Å². The van der Waals surface area contributed by atoms with E-state index in [1.54, 1.807) is 7.11 Å². The summed E-state index contributed by atoms with van der Waals surface area (Å²) in [4.78, 5) is 8.36. The normalized spacial score (nSPS) is 21.4. The van der Waals surface area contributed by atoms with Gasteiger partial charge in [-0.25, -0.2) is 8.78 Å². The average molecular weight is 420 g/mol. The molecule has 0 amide bonds. The highest BCUT2D eigenvalue weighted by atomic mass is 19.3. The molecule has 0 radical (unpaired) electrons. The molecule has 2 fully saturated rings. The van der Waals surface area contributed by atoms with Gasteiger partial charge in [-0.1, -0.05) is 17.7 Å². The SMILES string of the molecule is CNCCC1CC(F)(F)CN1.COc1ccc(C)cc1.O=CO.OC1CCNC1. The van der Waals surface area contributed by atoms with E-state index in [2.05, 4.69) is 22.9 Å². The summed E-state index contributed by atoms with van der Waals surface area (Å²) in [5.74, 6) is -1.56. The lowest BCUT2D eigenvalue weighted by Crippen LogP contribution is -2.25. The van der Waals surface area contributed by atoms with Gasteiger partial charge in [0.1, 0.15) is 5.75 Å². The maximum absolute atomic E-state index is 12.5. The Hall–Kier alpha value is -1.81. The number of rotatable bonds is 4. The second-order valence-corrected chi connectivity index (χ2v) is 6.80. The van der Waals surface area contributed by atoms with E-state index in [0.29, 0.717) is 0 Å². The summed E-state index contributed by atoms with van der Waals surface area (Å²) in [6.07, 6.45) is 1.64. The summed E-state index contributed by atoms with van der Waals surface area (Å²) in [6, 6.07) is 7.96. The van der Waals surface area contributed by atoms with Crippen LogP contribution in [0.4, 0.5) is 8.78 Å². The molecule has 29 heavy (non-hydrogen) atoms. The zero-order valence-electron chi connectivity index (χ0n) is 17.5. The second kappa shape index (κ2) is 16.0. The van der Waals surface area contributed by atoms with Crippen LogP contribution in [-0.4, -0.2) is 75.1 Å². The minimum absolute atomic E-state index is 0.00236. The monoisotopic (exact) mass is 419 g/mol. The molecular weight excluding hydrogens is 384 g/mol. The third-order valence-corrected chi connectivity index (χ3v) is 4.23. The first-order valence-corrected chi connectivity index (χ1v) is 9.61. The molecule has 0 aliphatic carbocycles. The molecule has 0 spiro atoms. The van der Waals surface area contributed by atoms with Gasteiger partial charge in [0.05, 0.1) is 19.8 Å². The number of aryl methyl sites for hydroxylation is 1. The van der Waals surface area contributed by atoms with Crippen molar-refractivity contribution in [1.29, 1.82) is 0 Å². The molecular formula is C20H35F2N3O4. The first kappa shape index (κ1) is 27.2. The van der Waals surface area contributed by atoms with Crippen LogP contribution in [0, 0.1) is 6.92 Å². The van der Waals surface area contributed by atoms with Crippen molar-refractivity contribution in [2.45, 2.75) is 44.3 Å². The predicted octanol–water partition coefficient (Wildman–Crippen LogP) is 1.64. The van der Waals surface area contributed by atoms with Crippen molar-refractivity contribution in [2.24, 2.45) is 0 Å². The van der Waals surface area contributed by atoms with Crippen LogP contribution in [0.3, 0.4) is 0 Å². The Labute approximate surface area is 171 Å². The molecule has 1 aromatic rings. The summed E-state index contributed by atoms with van der Waals surface area (Å²) >= 11 is 0. The lowest BCUT2D eigenvalue weighted by atomic mass is 10.1. The van der Waals surface area contributed by atoms with Crippen molar-refractivity contribution in [3.8, 4) is 5.75 Å². The Morgan fingerprint density at radius 1 is 1.34 bits per heavy atom. The van der Waals surface area contributed by atoms with Gasteiger partial charge in [0.25, 0.3) is 12.4 Å². The third kappa shape index (κ3) is 14.8. The van der Waals surface area contributed by atoms with Gasteiger partial charge >= 0.3 is 0 Å². The average Bonchev–Trinajstić information content (AvgIpc) is 3.30. The maximum Gasteiger partial charge on any atom is 0.290 e. The Morgan fingerprint density at radius 3 is 2.31 bits per heavy atom. The number of carbonyl (C=O) groups is 1. The van der Waals surface area contributed by atoms with Gasteiger partial charge < -0.3 is 30.9 Å². The van der Waals surface area contributed by atoms with Crippen LogP contribution < -0.4 is 20.7 Å². The fourth-order valence-electron chi connectivity index (χ4n) is 2.63. The zero-order valence-corrected chi connectivity index (χ0v) is 17.5. The first-order chi connectivity index (χ1) is 13.8. The zero-order chi connectivity index (χ0) is 22.1. The molecule has 3 rings (SSSR count). The van der Waals surface area contributed by atoms with E-state index in [9.17, 15) is 8.78 Å². The fraction of sp³-hybridized carbons (Fsp3) is 0.650. The van der Waals surface area contributed by atoms with Crippen molar-refractivity contribution in [2.75, 3.05) is 40.3 Å². The van der Waals surface area contributed by atoms with Crippen molar-refractivity contribution in [1.82, 2.24) is 16.0 Å². The number of β-amino-alcohol motifs (C(OH)–C–C–N with tert-alkyl or cyclic N) is 1. The molecule has 168 valence electrons. The molecule has 1 aromatic carbocycles. The van der Waals surface area contributed by atoms with Gasteiger partial charge in [-0.2, -0.15) is 0 Å². The van der Waals surface area contributed by atoms with E-state index in [0.717, 1.165) is 38.2 Å². The Bertz CT molecular complexity index is 527. The summed E-state index contributed by atoms with van der Waals surface area (Å²) in [6.45, 7) is 4.23. The van der Waals surface area contributed by atoms with E-state index in [-0.39, 0.29) is 31.6 Å². The number of methoxy groups -OCH3 is 1. The highest BCUT2D eigenvalue weighted by Gasteiger charge is 2.38. The van der Waals surface area contributed by atoms with Crippen molar-refractivity contribution >= 4 is 6.47 Å². The Balaban J connectivity index is 0.000000392. The molecule has 2 aliphatic rings. The van der Waals surface area contributed by atoms with Crippen LogP contribution in [0.25, 0.3) is 0 Å². The van der Waals surface area contributed by atoms with Gasteiger partial charge in [-0.05, 0) is 52.0 Å². The molecule has 2 atom stereocenters. The smallest absolute Gasteiger partial charge is 0.290 e. The molecule has 2 heterocycles. The molecule has 0 aromatic heterocycles. The number of nitrogens with one attached hydrogen (secondary N) is 3. The van der Waals surface area contributed by atoms with E-state index in [1.165, 1.54) is 5.56 Å². The number of aliphatic hydroxyl groups is 1. The van der Waals surface area contributed by atoms with Crippen LogP contribution in [0.1, 0.15) is 24.8 Å². The standard InChI is InChI=1S/C8H10O.C7H14F2N2.C4H9NO.CH2O2/c1-7-3-5-8(9-2)6-4-7;1-10-3-2-6-4-7(8,9)5-11-6;6-4-1-2-5-3-4;2-1-3/h3-6H,1-2H3;6,10-11H,2-5H2,1H3;4-6H,1-3H2;1H,(H,2,3). The number of halogens is 2. The maximum atomic E-state index is 12.5. The lowest BCUT2D eigenvalue weighted by Gasteiger charge is -2.08. The fourth-order valence-corrected chi connectivity index (χ4v) is 2.63. The van der Waals surface area contributed by atoms with Crippen LogP contribution in [0.2, 0.25) is 0 Å². The molecule has 2 saturated heterocycles. The number of hydrogen-bond donors (Lipinski definition) is 5. The second-order valence-electron chi connectivity index (χ2n) is 6.80. The molecule has 2 aliphatic heterocycles. The Morgan fingerprint density at radius 2 is 1.97 bits per heavy atom. The van der Waals surface area contributed by atoms with Gasteiger partial charge in [0.2, 0.25) is 0 Å². The minimum Gasteiger partial charge on any atom is -0.497 e. The van der Waals surface area contributed by atoms with Crippen molar-refractivity contribution in [3.63, 3.8) is 0 Å². The number of alkyl halides is 2. The topological polar surface area (TPSA) is 103 Å². The molecule has 5 N–H and O–H groups in total. The number of benzene rings is 1. The van der Waals surface area contributed by atoms with Gasteiger partial charge in [-0.3, -0.25) is 4.79 Å². The highest BCUT2D eigenvalue weighted by molar-refractivity contribution is 5.32. The number of aliphatic hydroxyl groups excluding tert-OH is 1. The summed E-state index contributed by atoms with van der Waals surface area (Å²) in [7, 11) is 3.50. The van der Waals surface area contributed by atoms with Gasteiger partial charge in [-0.15, -0.1) is 0 Å². The third-order valence-electron chi connectivity index (χ3n) is 4.23. The summed E-state index contributed by atoms with van der Waals surface area (Å²) in [5.41, 5.74) is 1.26. The summed E-state index contributed by atoms with van der Waals surface area (Å²) in [5, 5.41) is 24.3. The van der Waals surface area contributed by atoms with E-state index in [1.807, 2.05) is 31.3 Å². The van der Waals surface area contributed by atoms with E-state index in [4.69, 9.17) is 19.7 Å². The van der Waals surface area contributed by atoms with Gasteiger partial charge in [0.15, 0.2) is 0 Å². The first-order valence-electron chi connectivity index (χ1n) is 9.61. The molecule has 7 nitrogen and oxygen atoms in total. The lowest BCUT2D eigenvalue weighted by molar-refractivity contribution is -0.122. The quantitative estimate of drug-likeness (QED) is 0.473. The number of ether oxygens (including phenoxy) is 1. The minimum atomic E-state index is -2.47. The molecule has 0 saturated carbocycles. The van der Waals surface area contributed by atoms with Crippen LogP contribution in [0.5, 0.6) is 5.75 Å². The Kier molecular flexibility index (Phi) is 15.0. The van der Waals surface area contributed by atoms with E-state index < -0.39 is 5.92 Å².